The molecular weight excluding hydrogens is 303 g/mol. The van der Waals surface area contributed by atoms with Crippen LogP contribution in [-0.2, 0) is 0 Å². The average Bonchev–Trinajstić information content (AvgIpc) is 2.43. The molecule has 0 saturated heterocycles. The maximum absolute atomic E-state index is 12.0. The number of halogens is 2. The first kappa shape index (κ1) is 16.4. The van der Waals surface area contributed by atoms with Gasteiger partial charge in [0.05, 0.1) is 10.0 Å². The highest BCUT2D eigenvalue weighted by Gasteiger charge is 2.12. The van der Waals surface area contributed by atoms with E-state index in [1.807, 2.05) is 6.92 Å². The van der Waals surface area contributed by atoms with Crippen molar-refractivity contribution in [2.75, 3.05) is 18.4 Å². The maximum Gasteiger partial charge on any atom is 0.321 e. The minimum atomic E-state index is -0.295. The van der Waals surface area contributed by atoms with Crippen molar-refractivity contribution in [2.45, 2.75) is 13.3 Å². The number of nitrogens with one attached hydrogen (secondary N) is 1. The van der Waals surface area contributed by atoms with Gasteiger partial charge in [0.15, 0.2) is 0 Å². The Morgan fingerprint density at radius 2 is 2.15 bits per heavy atom. The Labute approximate surface area is 127 Å². The second kappa shape index (κ2) is 7.81. The van der Waals surface area contributed by atoms with Gasteiger partial charge in [0.1, 0.15) is 5.84 Å². The third kappa shape index (κ3) is 4.79. The van der Waals surface area contributed by atoms with E-state index in [0.717, 1.165) is 0 Å². The fourth-order valence-corrected chi connectivity index (χ4v) is 1.78. The molecule has 0 aliphatic rings. The zero-order valence-electron chi connectivity index (χ0n) is 10.9. The number of benzene rings is 1. The van der Waals surface area contributed by atoms with E-state index < -0.39 is 0 Å². The van der Waals surface area contributed by atoms with E-state index >= 15 is 0 Å². The Balaban J connectivity index is 2.64. The number of amidine groups is 1. The number of nitrogens with zero attached hydrogens (tertiary/aromatic N) is 2. The highest BCUT2D eigenvalue weighted by atomic mass is 35.5. The smallest absolute Gasteiger partial charge is 0.321 e. The molecule has 0 saturated carbocycles. The standard InChI is InChI=1S/C12H16Cl2N4O2/c1-2-18(6-5-11(15)17-20)12(19)16-8-3-4-9(13)10(14)7-8/h3-4,7,20H,2,5-6H2,1H3,(H2,15,17)(H,16,19). The lowest BCUT2D eigenvalue weighted by molar-refractivity contribution is 0.215. The molecular formula is C12H16Cl2N4O2. The summed E-state index contributed by atoms with van der Waals surface area (Å²) in [5, 5.41) is 14.8. The van der Waals surface area contributed by atoms with Crippen molar-refractivity contribution in [3.63, 3.8) is 0 Å². The fourth-order valence-electron chi connectivity index (χ4n) is 1.48. The van der Waals surface area contributed by atoms with Crippen LogP contribution in [0.15, 0.2) is 23.4 Å². The van der Waals surface area contributed by atoms with Crippen LogP contribution in [0.3, 0.4) is 0 Å². The van der Waals surface area contributed by atoms with E-state index in [9.17, 15) is 4.79 Å². The monoisotopic (exact) mass is 318 g/mol. The van der Waals surface area contributed by atoms with Gasteiger partial charge in [0.25, 0.3) is 0 Å². The van der Waals surface area contributed by atoms with Gasteiger partial charge in [0, 0.05) is 25.2 Å². The van der Waals surface area contributed by atoms with Gasteiger partial charge >= 0.3 is 6.03 Å². The summed E-state index contributed by atoms with van der Waals surface area (Å²) in [6.45, 7) is 2.67. The normalized spacial score (nSPS) is 11.2. The minimum absolute atomic E-state index is 0.0748. The van der Waals surface area contributed by atoms with Crippen molar-refractivity contribution >= 4 is 40.8 Å². The van der Waals surface area contributed by atoms with Gasteiger partial charge < -0.3 is 21.2 Å². The van der Waals surface area contributed by atoms with Crippen LogP contribution >= 0.6 is 23.2 Å². The molecule has 8 heteroatoms. The van der Waals surface area contributed by atoms with Crippen LogP contribution in [0.4, 0.5) is 10.5 Å². The molecule has 1 aromatic carbocycles. The predicted molar refractivity (Wildman–Crippen MR) is 80.8 cm³/mol. The number of anilines is 1. The van der Waals surface area contributed by atoms with Gasteiger partial charge in [-0.3, -0.25) is 0 Å². The summed E-state index contributed by atoms with van der Waals surface area (Å²) in [6.07, 6.45) is 0.291. The van der Waals surface area contributed by atoms with Crippen molar-refractivity contribution < 1.29 is 10.0 Å². The Bertz CT molecular complexity index is 508. The lowest BCUT2D eigenvalue weighted by atomic mass is 10.3. The van der Waals surface area contributed by atoms with E-state index in [-0.39, 0.29) is 11.9 Å². The number of nitrogens with two attached hydrogens (primary N) is 1. The van der Waals surface area contributed by atoms with Crippen molar-refractivity contribution in [2.24, 2.45) is 10.9 Å². The molecule has 110 valence electrons. The van der Waals surface area contributed by atoms with Crippen LogP contribution in [0.1, 0.15) is 13.3 Å². The lowest BCUT2D eigenvalue weighted by Gasteiger charge is -2.21. The third-order valence-corrected chi connectivity index (χ3v) is 3.35. The predicted octanol–water partition coefficient (Wildman–Crippen LogP) is 2.98. The van der Waals surface area contributed by atoms with Crippen molar-refractivity contribution in [3.05, 3.63) is 28.2 Å². The topological polar surface area (TPSA) is 90.9 Å². The summed E-state index contributed by atoms with van der Waals surface area (Å²) in [4.78, 5) is 13.6. The Morgan fingerprint density at radius 1 is 1.45 bits per heavy atom. The number of amides is 2. The van der Waals surface area contributed by atoms with Gasteiger partial charge in [-0.05, 0) is 25.1 Å². The highest BCUT2D eigenvalue weighted by molar-refractivity contribution is 6.42. The summed E-state index contributed by atoms with van der Waals surface area (Å²) in [5.74, 6) is 0.0748. The number of hydrogen-bond acceptors (Lipinski definition) is 3. The molecule has 0 bridgehead atoms. The van der Waals surface area contributed by atoms with Crippen molar-refractivity contribution in [3.8, 4) is 0 Å². The lowest BCUT2D eigenvalue weighted by Crippen LogP contribution is -2.37. The van der Waals surface area contributed by atoms with Crippen LogP contribution in [0, 0.1) is 0 Å². The molecule has 0 aliphatic heterocycles. The fraction of sp³-hybridized carbons (Fsp3) is 0.333. The quantitative estimate of drug-likeness (QED) is 0.337. The summed E-state index contributed by atoms with van der Waals surface area (Å²) in [5.41, 5.74) is 5.92. The Morgan fingerprint density at radius 3 is 2.70 bits per heavy atom. The molecule has 0 unspecified atom stereocenters. The zero-order chi connectivity index (χ0) is 15.1. The Kier molecular flexibility index (Phi) is 6.41. The van der Waals surface area contributed by atoms with Gasteiger partial charge in [-0.25, -0.2) is 4.79 Å². The molecule has 6 nitrogen and oxygen atoms in total. The molecule has 0 fully saturated rings. The zero-order valence-corrected chi connectivity index (χ0v) is 12.4. The van der Waals surface area contributed by atoms with E-state index in [4.69, 9.17) is 34.1 Å². The number of hydrogen-bond donors (Lipinski definition) is 3. The van der Waals surface area contributed by atoms with Crippen LogP contribution in [0.2, 0.25) is 10.0 Å². The molecule has 1 aromatic rings. The molecule has 0 aliphatic carbocycles. The van der Waals surface area contributed by atoms with Crippen molar-refractivity contribution in [1.29, 1.82) is 0 Å². The van der Waals surface area contributed by atoms with Gasteiger partial charge in [0.2, 0.25) is 0 Å². The minimum Gasteiger partial charge on any atom is -0.409 e. The molecule has 0 aromatic heterocycles. The summed E-state index contributed by atoms with van der Waals surface area (Å²) < 4.78 is 0. The van der Waals surface area contributed by atoms with Crippen LogP contribution < -0.4 is 11.1 Å². The molecule has 0 atom stereocenters. The van der Waals surface area contributed by atoms with Gasteiger partial charge in [-0.15, -0.1) is 0 Å². The maximum atomic E-state index is 12.0. The molecule has 1 rings (SSSR count). The van der Waals surface area contributed by atoms with E-state index in [1.54, 1.807) is 18.2 Å². The van der Waals surface area contributed by atoms with Crippen LogP contribution in [-0.4, -0.2) is 35.1 Å². The number of urea groups is 1. The molecule has 2 amide bonds. The summed E-state index contributed by atoms with van der Waals surface area (Å²) in [7, 11) is 0. The molecule has 20 heavy (non-hydrogen) atoms. The molecule has 4 N–H and O–H groups in total. The first-order chi connectivity index (χ1) is 9.47. The second-order valence-corrected chi connectivity index (χ2v) is 4.79. The number of oxime groups is 1. The number of carbonyl (C=O) groups is 1. The number of carbonyl (C=O) groups excluding carboxylic acids is 1. The molecule has 0 heterocycles. The molecule has 0 spiro atoms. The van der Waals surface area contributed by atoms with E-state index in [2.05, 4.69) is 10.5 Å². The SMILES string of the molecule is CCN(CCC(N)=NO)C(=O)Nc1ccc(Cl)c(Cl)c1. The van der Waals surface area contributed by atoms with Crippen LogP contribution in [0.25, 0.3) is 0 Å². The largest absolute Gasteiger partial charge is 0.409 e. The van der Waals surface area contributed by atoms with Crippen molar-refractivity contribution in [1.82, 2.24) is 4.90 Å². The summed E-state index contributed by atoms with van der Waals surface area (Å²) in [6, 6.07) is 4.53. The highest BCUT2D eigenvalue weighted by Crippen LogP contribution is 2.25. The van der Waals surface area contributed by atoms with E-state index in [0.29, 0.717) is 35.2 Å². The molecule has 0 radical (unpaired) electrons. The van der Waals surface area contributed by atoms with Gasteiger partial charge in [-0.2, -0.15) is 0 Å². The Hall–Kier alpha value is -1.66. The summed E-state index contributed by atoms with van der Waals surface area (Å²) >= 11 is 11.7. The number of rotatable bonds is 5. The van der Waals surface area contributed by atoms with E-state index in [1.165, 1.54) is 4.90 Å². The van der Waals surface area contributed by atoms with Crippen LogP contribution in [0.5, 0.6) is 0 Å². The average molecular weight is 319 g/mol. The first-order valence-corrected chi connectivity index (χ1v) is 6.71. The van der Waals surface area contributed by atoms with Gasteiger partial charge in [-0.1, -0.05) is 28.4 Å². The first-order valence-electron chi connectivity index (χ1n) is 5.95. The second-order valence-electron chi connectivity index (χ2n) is 3.98. The third-order valence-electron chi connectivity index (χ3n) is 2.61.